The fourth-order valence-electron chi connectivity index (χ4n) is 17.1. The van der Waals surface area contributed by atoms with E-state index >= 15 is 4.79 Å². The highest BCUT2D eigenvalue weighted by Crippen LogP contribution is 2.87. The molecule has 15 aliphatic rings. The first-order valence-electron chi connectivity index (χ1n) is 24.4. The Morgan fingerprint density at radius 2 is 1.85 bits per heavy atom. The van der Waals surface area contributed by atoms with Gasteiger partial charge in [-0.15, -0.1) is 0 Å². The third-order valence-electron chi connectivity index (χ3n) is 19.2. The molecule has 318 valence electrons. The molecule has 4 fully saturated rings. The molecule has 1 saturated carbocycles. The SMILES string of the molecule is CC1CC2=C3C4C5=C6C=C(Cc7cccc8c7C=CC(CC8)CC7C68C(=O)OC(=CCC(C)N6CC9CC(C6)C(C=C2)N3C9)C8(CC5)C72OC(=O)c3c(CCCN)cccc32)C14. The van der Waals surface area contributed by atoms with Crippen molar-refractivity contribution in [2.45, 2.75) is 102 Å². The lowest BCUT2D eigenvalue weighted by Gasteiger charge is -2.71. The van der Waals surface area contributed by atoms with Gasteiger partial charge in [-0.2, -0.15) is 0 Å². The van der Waals surface area contributed by atoms with Crippen molar-refractivity contribution in [2.75, 3.05) is 26.2 Å². The number of piperidine rings is 2. The number of esters is 2. The Bertz CT molecular complexity index is 2610. The molecule has 2 aromatic carbocycles. The number of fused-ring (bicyclic) bond motifs is 5. The van der Waals surface area contributed by atoms with Gasteiger partial charge in [-0.25, -0.2) is 4.79 Å². The zero-order valence-electron chi connectivity index (χ0n) is 36.3. The molecule has 9 heterocycles. The Hall–Kier alpha value is -4.46. The molecule has 7 nitrogen and oxygen atoms in total. The van der Waals surface area contributed by atoms with Gasteiger partial charge in [0.15, 0.2) is 5.60 Å². The van der Waals surface area contributed by atoms with Crippen molar-refractivity contribution in [1.29, 1.82) is 0 Å². The third kappa shape index (κ3) is 4.28. The van der Waals surface area contributed by atoms with E-state index in [2.05, 4.69) is 96.5 Å². The lowest BCUT2D eigenvalue weighted by molar-refractivity contribution is -0.277. The Morgan fingerprint density at radius 3 is 2.76 bits per heavy atom. The van der Waals surface area contributed by atoms with Crippen LogP contribution in [-0.4, -0.2) is 60.0 Å². The first-order chi connectivity index (χ1) is 30.3. The molecule has 13 atom stereocenters. The van der Waals surface area contributed by atoms with Crippen molar-refractivity contribution >= 4 is 18.0 Å². The van der Waals surface area contributed by atoms with Gasteiger partial charge in [0.1, 0.15) is 11.2 Å². The van der Waals surface area contributed by atoms with Crippen LogP contribution in [0.5, 0.6) is 0 Å². The second-order valence-corrected chi connectivity index (χ2v) is 21.8. The van der Waals surface area contributed by atoms with Crippen LogP contribution in [0.1, 0.15) is 103 Å². The number of hydrogen-bond donors (Lipinski definition) is 1. The van der Waals surface area contributed by atoms with Crippen molar-refractivity contribution in [3.63, 3.8) is 0 Å². The standard InChI is InChI=1S/C55H59N3O4/c1-30-22-37-15-17-44-39-23-33-27-57(29-39)31(2)11-18-46-53-20-19-41-43-26-38(47(30)49(41)50(37)58(44)28-33)25-36-8-3-6-34-14-12-32(13-16-40(34)36)24-45(54(43,53)52(60)61-46)55(53)42-10-4-7-35(9-5-21-56)48(42)51(59)62-55/h3-4,6-8,10,13,15-18,26,30-33,39,44-45,47,49H,5,9,11-12,14,19-25,27-29,56H2,1-2H3. The van der Waals surface area contributed by atoms with Gasteiger partial charge < -0.3 is 20.1 Å². The highest BCUT2D eigenvalue weighted by Gasteiger charge is 2.93. The van der Waals surface area contributed by atoms with E-state index in [4.69, 9.17) is 15.2 Å². The second kappa shape index (κ2) is 12.6. The molecular formula is C55H59N3O4. The number of allylic oxidation sites excluding steroid dienone is 6. The molecule has 3 spiro atoms. The fraction of sp³-hybridized carbons (Fsp3) is 0.527. The van der Waals surface area contributed by atoms with E-state index in [0.717, 1.165) is 101 Å². The average Bonchev–Trinajstić information content (AvgIpc) is 3.60. The monoisotopic (exact) mass is 825 g/mol. The van der Waals surface area contributed by atoms with Gasteiger partial charge in [0.05, 0.1) is 17.0 Å². The number of carbonyl (C=O) groups excluding carboxylic acids is 2. The van der Waals surface area contributed by atoms with E-state index in [9.17, 15) is 4.79 Å². The molecule has 9 aliphatic heterocycles. The van der Waals surface area contributed by atoms with Crippen molar-refractivity contribution in [2.24, 2.45) is 58.0 Å². The van der Waals surface area contributed by atoms with Gasteiger partial charge >= 0.3 is 11.9 Å². The smallest absolute Gasteiger partial charge is 0.339 e. The summed E-state index contributed by atoms with van der Waals surface area (Å²) in [5, 5.41) is 0. The topological polar surface area (TPSA) is 85.1 Å². The predicted molar refractivity (Wildman–Crippen MR) is 238 cm³/mol. The molecule has 6 aliphatic carbocycles. The summed E-state index contributed by atoms with van der Waals surface area (Å²) >= 11 is 0. The van der Waals surface area contributed by atoms with E-state index in [1.165, 1.54) is 45.4 Å². The first-order valence-corrected chi connectivity index (χ1v) is 24.4. The molecular weight excluding hydrogens is 767 g/mol. The first kappa shape index (κ1) is 37.0. The molecule has 7 heteroatoms. The quantitative estimate of drug-likeness (QED) is 0.310. The number of ether oxygens (including phenoxy) is 2. The molecule has 0 aromatic heterocycles. The minimum Gasteiger partial charge on any atom is -0.449 e. The van der Waals surface area contributed by atoms with Crippen LogP contribution in [0.2, 0.25) is 0 Å². The maximum absolute atomic E-state index is 16.1. The van der Waals surface area contributed by atoms with Crippen LogP contribution in [0.3, 0.4) is 0 Å². The molecule has 0 radical (unpaired) electrons. The lowest BCUT2D eigenvalue weighted by atomic mass is 9.28. The van der Waals surface area contributed by atoms with Gasteiger partial charge in [-0.05, 0) is 153 Å². The van der Waals surface area contributed by atoms with Gasteiger partial charge in [0.2, 0.25) is 0 Å². The zero-order chi connectivity index (χ0) is 41.4. The Labute approximate surface area is 365 Å². The van der Waals surface area contributed by atoms with E-state index in [0.29, 0.717) is 41.8 Å². The lowest BCUT2D eigenvalue weighted by Crippen LogP contribution is -2.77. The summed E-state index contributed by atoms with van der Waals surface area (Å²) in [6, 6.07) is 14.1. The molecule has 0 amide bonds. The van der Waals surface area contributed by atoms with Crippen LogP contribution in [0.4, 0.5) is 0 Å². The summed E-state index contributed by atoms with van der Waals surface area (Å²) in [7, 11) is 0. The van der Waals surface area contributed by atoms with E-state index in [1.54, 1.807) is 5.70 Å². The summed E-state index contributed by atoms with van der Waals surface area (Å²) in [4.78, 5) is 36.7. The van der Waals surface area contributed by atoms with Crippen LogP contribution in [-0.2, 0) is 39.1 Å². The number of nitrogens with zero attached hydrogens (tertiary/aromatic N) is 2. The molecule has 62 heavy (non-hydrogen) atoms. The van der Waals surface area contributed by atoms with Gasteiger partial charge in [-0.1, -0.05) is 84.8 Å². The second-order valence-electron chi connectivity index (χ2n) is 21.8. The van der Waals surface area contributed by atoms with Gasteiger partial charge in [0.25, 0.3) is 0 Å². The summed E-state index contributed by atoms with van der Waals surface area (Å²) in [6.07, 6.45) is 24.8. The Kier molecular flexibility index (Phi) is 7.53. The predicted octanol–water partition coefficient (Wildman–Crippen LogP) is 8.75. The van der Waals surface area contributed by atoms with Crippen molar-refractivity contribution in [3.8, 4) is 0 Å². The van der Waals surface area contributed by atoms with E-state index in [-0.39, 0.29) is 35.7 Å². The molecule has 2 N–H and O–H groups in total. The maximum Gasteiger partial charge on any atom is 0.339 e. The number of rotatable bonds is 3. The molecule has 13 unspecified atom stereocenters. The zero-order valence-corrected chi connectivity index (χ0v) is 36.3. The summed E-state index contributed by atoms with van der Waals surface area (Å²) in [6.45, 7) is 8.75. The van der Waals surface area contributed by atoms with Crippen molar-refractivity contribution in [3.05, 3.63) is 134 Å². The summed E-state index contributed by atoms with van der Waals surface area (Å²) in [5.41, 5.74) is 17.4. The normalized spacial score (nSPS) is 42.0. The number of nitrogens with two attached hydrogens (primary N) is 1. The van der Waals surface area contributed by atoms with Crippen LogP contribution in [0.15, 0.2) is 101 Å². The number of benzene rings is 2. The Balaban J connectivity index is 1.09. The van der Waals surface area contributed by atoms with Crippen LogP contribution < -0.4 is 5.73 Å². The van der Waals surface area contributed by atoms with E-state index < -0.39 is 16.4 Å². The van der Waals surface area contributed by atoms with Crippen LogP contribution in [0.25, 0.3) is 6.08 Å². The van der Waals surface area contributed by atoms with Gasteiger partial charge in [0, 0.05) is 48.8 Å². The van der Waals surface area contributed by atoms with Gasteiger partial charge in [-0.3, -0.25) is 9.69 Å². The van der Waals surface area contributed by atoms with Crippen molar-refractivity contribution in [1.82, 2.24) is 9.80 Å². The highest BCUT2D eigenvalue weighted by atomic mass is 16.6. The summed E-state index contributed by atoms with van der Waals surface area (Å²) in [5.74, 6) is 2.53. The minimum atomic E-state index is -1.04. The molecule has 3 saturated heterocycles. The fourth-order valence-corrected chi connectivity index (χ4v) is 17.1. The summed E-state index contributed by atoms with van der Waals surface area (Å²) < 4.78 is 14.3. The van der Waals surface area contributed by atoms with Crippen LogP contribution in [0, 0.1) is 52.3 Å². The molecule has 17 rings (SSSR count). The molecule has 2 aromatic rings. The van der Waals surface area contributed by atoms with Crippen molar-refractivity contribution < 1.29 is 19.1 Å². The third-order valence-corrected chi connectivity index (χ3v) is 19.2. The maximum atomic E-state index is 16.1. The molecule has 15 bridgehead atoms. The minimum absolute atomic E-state index is 0.110. The average molecular weight is 826 g/mol. The largest absolute Gasteiger partial charge is 0.449 e. The number of hydrogen-bond acceptors (Lipinski definition) is 7. The van der Waals surface area contributed by atoms with E-state index in [1.807, 2.05) is 0 Å². The highest BCUT2D eigenvalue weighted by molar-refractivity contribution is 6.00. The van der Waals surface area contributed by atoms with Crippen LogP contribution >= 0.6 is 0 Å². The number of aryl methyl sites for hydroxylation is 2. The Morgan fingerprint density at radius 1 is 0.968 bits per heavy atom. The number of carbonyl (C=O) groups is 2.